The van der Waals surface area contributed by atoms with Crippen LogP contribution in [0.1, 0.15) is 25.3 Å². The number of amides is 1. The van der Waals surface area contributed by atoms with Crippen LogP contribution in [0.4, 0.5) is 0 Å². The standard InChI is InChI=1S/C24H27N3O3/c1-2-26-20-10-6-7-11-21(20)27(24(30)23(26)29)17-22(28)25-14-12-19(13-15-25)16-18-8-4-3-5-9-18/h3-11,19H,2,12-17H2,1H3. The Morgan fingerprint density at radius 2 is 1.43 bits per heavy atom. The average molecular weight is 405 g/mol. The maximum absolute atomic E-state index is 13.0. The second kappa shape index (κ2) is 8.69. The number of likely N-dealkylation sites (tertiary alicyclic amines) is 1. The van der Waals surface area contributed by atoms with Crippen LogP contribution in [0.3, 0.4) is 0 Å². The number of aromatic nitrogens is 2. The maximum Gasteiger partial charge on any atom is 0.317 e. The van der Waals surface area contributed by atoms with Crippen LogP contribution in [0.5, 0.6) is 0 Å². The summed E-state index contributed by atoms with van der Waals surface area (Å²) in [5, 5.41) is 0. The van der Waals surface area contributed by atoms with E-state index in [-0.39, 0.29) is 12.5 Å². The molecule has 0 aliphatic carbocycles. The van der Waals surface area contributed by atoms with Crippen molar-refractivity contribution in [2.24, 2.45) is 5.92 Å². The monoisotopic (exact) mass is 405 g/mol. The van der Waals surface area contributed by atoms with E-state index in [0.717, 1.165) is 19.3 Å². The molecule has 2 aromatic carbocycles. The molecule has 6 nitrogen and oxygen atoms in total. The van der Waals surface area contributed by atoms with Crippen molar-refractivity contribution >= 4 is 16.9 Å². The van der Waals surface area contributed by atoms with E-state index in [1.807, 2.05) is 36.1 Å². The lowest BCUT2D eigenvalue weighted by molar-refractivity contribution is -0.133. The average Bonchev–Trinajstić information content (AvgIpc) is 2.78. The fourth-order valence-electron chi connectivity index (χ4n) is 4.41. The molecule has 1 saturated heterocycles. The SMILES string of the molecule is CCn1c(=O)c(=O)n(CC(=O)N2CCC(Cc3ccccc3)CC2)c2ccccc21. The van der Waals surface area contributed by atoms with Crippen LogP contribution in [0.25, 0.3) is 11.0 Å². The summed E-state index contributed by atoms with van der Waals surface area (Å²) in [7, 11) is 0. The van der Waals surface area contributed by atoms with E-state index in [1.54, 1.807) is 6.07 Å². The summed E-state index contributed by atoms with van der Waals surface area (Å²) in [5.41, 5.74) is 1.42. The number of hydrogen-bond acceptors (Lipinski definition) is 3. The number of nitrogens with zero attached hydrogens (tertiary/aromatic N) is 3. The quantitative estimate of drug-likeness (QED) is 0.613. The molecule has 156 valence electrons. The third kappa shape index (κ3) is 3.95. The van der Waals surface area contributed by atoms with Gasteiger partial charge >= 0.3 is 11.1 Å². The summed E-state index contributed by atoms with van der Waals surface area (Å²) < 4.78 is 2.80. The van der Waals surface area contributed by atoms with Crippen molar-refractivity contribution in [3.8, 4) is 0 Å². The summed E-state index contributed by atoms with van der Waals surface area (Å²) in [4.78, 5) is 40.0. The van der Waals surface area contributed by atoms with Crippen LogP contribution in [0, 0.1) is 5.92 Å². The summed E-state index contributed by atoms with van der Waals surface area (Å²) in [6.45, 7) is 3.53. The number of piperidine rings is 1. The Bertz CT molecular complexity index is 1160. The van der Waals surface area contributed by atoms with E-state index in [0.29, 0.717) is 36.6 Å². The van der Waals surface area contributed by atoms with Crippen LogP contribution < -0.4 is 11.1 Å². The minimum absolute atomic E-state index is 0.0947. The molecule has 2 heterocycles. The van der Waals surface area contributed by atoms with E-state index < -0.39 is 11.1 Å². The Morgan fingerprint density at radius 1 is 0.867 bits per heavy atom. The van der Waals surface area contributed by atoms with Crippen molar-refractivity contribution in [1.82, 2.24) is 14.0 Å². The number of para-hydroxylation sites is 2. The Balaban J connectivity index is 1.49. The van der Waals surface area contributed by atoms with Crippen molar-refractivity contribution in [2.75, 3.05) is 13.1 Å². The van der Waals surface area contributed by atoms with Crippen LogP contribution in [-0.2, 0) is 24.3 Å². The number of benzene rings is 2. The number of carbonyl (C=O) groups is 1. The predicted molar refractivity (Wildman–Crippen MR) is 118 cm³/mol. The first-order valence-electron chi connectivity index (χ1n) is 10.6. The molecule has 1 aliphatic rings. The zero-order valence-corrected chi connectivity index (χ0v) is 17.3. The molecule has 0 spiro atoms. The molecule has 0 N–H and O–H groups in total. The van der Waals surface area contributed by atoms with Crippen molar-refractivity contribution in [1.29, 1.82) is 0 Å². The van der Waals surface area contributed by atoms with Crippen LogP contribution in [0.15, 0.2) is 64.2 Å². The minimum Gasteiger partial charge on any atom is -0.341 e. The zero-order chi connectivity index (χ0) is 21.1. The van der Waals surface area contributed by atoms with Gasteiger partial charge in [0.25, 0.3) is 0 Å². The fraction of sp³-hybridized carbons (Fsp3) is 0.375. The lowest BCUT2D eigenvalue weighted by Gasteiger charge is -2.32. The zero-order valence-electron chi connectivity index (χ0n) is 17.3. The van der Waals surface area contributed by atoms with Gasteiger partial charge in [-0.25, -0.2) is 0 Å². The molecule has 1 fully saturated rings. The Labute approximate surface area is 175 Å². The fourth-order valence-corrected chi connectivity index (χ4v) is 4.41. The van der Waals surface area contributed by atoms with Gasteiger partial charge in [-0.3, -0.25) is 19.0 Å². The van der Waals surface area contributed by atoms with Gasteiger partial charge in [-0.05, 0) is 49.8 Å². The number of hydrogen-bond donors (Lipinski definition) is 0. The van der Waals surface area contributed by atoms with Crippen LogP contribution >= 0.6 is 0 Å². The minimum atomic E-state index is -0.636. The molecule has 0 atom stereocenters. The van der Waals surface area contributed by atoms with Crippen LogP contribution in [0.2, 0.25) is 0 Å². The first-order chi connectivity index (χ1) is 14.6. The van der Waals surface area contributed by atoms with Crippen molar-refractivity contribution in [3.63, 3.8) is 0 Å². The van der Waals surface area contributed by atoms with E-state index in [9.17, 15) is 14.4 Å². The molecule has 30 heavy (non-hydrogen) atoms. The molecule has 0 unspecified atom stereocenters. The van der Waals surface area contributed by atoms with Gasteiger partial charge in [-0.1, -0.05) is 42.5 Å². The third-order valence-electron chi connectivity index (χ3n) is 6.08. The lowest BCUT2D eigenvalue weighted by Crippen LogP contribution is -2.46. The van der Waals surface area contributed by atoms with Crippen molar-refractivity contribution in [2.45, 2.75) is 39.3 Å². The molecule has 3 aromatic rings. The number of rotatable bonds is 5. The maximum atomic E-state index is 13.0. The van der Waals surface area contributed by atoms with Gasteiger partial charge in [0.15, 0.2) is 0 Å². The van der Waals surface area contributed by atoms with Gasteiger partial charge in [0, 0.05) is 19.6 Å². The van der Waals surface area contributed by atoms with E-state index in [1.165, 1.54) is 14.7 Å². The molecule has 0 saturated carbocycles. The van der Waals surface area contributed by atoms with Gasteiger partial charge in [0.05, 0.1) is 11.0 Å². The topological polar surface area (TPSA) is 64.3 Å². The molecule has 4 rings (SSSR count). The molecule has 0 bridgehead atoms. The molecule has 0 radical (unpaired) electrons. The van der Waals surface area contributed by atoms with Crippen molar-refractivity contribution in [3.05, 3.63) is 80.9 Å². The first-order valence-corrected chi connectivity index (χ1v) is 10.6. The van der Waals surface area contributed by atoms with Crippen LogP contribution in [-0.4, -0.2) is 33.0 Å². The highest BCUT2D eigenvalue weighted by Crippen LogP contribution is 2.22. The third-order valence-corrected chi connectivity index (χ3v) is 6.08. The van der Waals surface area contributed by atoms with E-state index in [4.69, 9.17) is 0 Å². The molecule has 6 heteroatoms. The Kier molecular flexibility index (Phi) is 5.84. The molecule has 1 aliphatic heterocycles. The summed E-state index contributed by atoms with van der Waals surface area (Å²) in [5.74, 6) is 0.461. The molecular formula is C24H27N3O3. The van der Waals surface area contributed by atoms with Gasteiger partial charge in [0.2, 0.25) is 5.91 Å². The number of aryl methyl sites for hydroxylation is 1. The Hall–Kier alpha value is -3.15. The molecule has 1 amide bonds. The Morgan fingerprint density at radius 3 is 2.07 bits per heavy atom. The smallest absolute Gasteiger partial charge is 0.317 e. The van der Waals surface area contributed by atoms with Gasteiger partial charge in [-0.2, -0.15) is 0 Å². The number of fused-ring (bicyclic) bond motifs is 1. The summed E-state index contributed by atoms with van der Waals surface area (Å²) in [6, 6.07) is 17.7. The predicted octanol–water partition coefficient (Wildman–Crippen LogP) is 2.66. The summed E-state index contributed by atoms with van der Waals surface area (Å²) in [6.07, 6.45) is 2.93. The molecular weight excluding hydrogens is 378 g/mol. The second-order valence-electron chi connectivity index (χ2n) is 7.94. The van der Waals surface area contributed by atoms with Gasteiger partial charge < -0.3 is 9.47 Å². The lowest BCUT2D eigenvalue weighted by atomic mass is 9.90. The van der Waals surface area contributed by atoms with E-state index in [2.05, 4.69) is 24.3 Å². The van der Waals surface area contributed by atoms with E-state index >= 15 is 0 Å². The second-order valence-corrected chi connectivity index (χ2v) is 7.94. The number of carbonyl (C=O) groups excluding carboxylic acids is 1. The highest BCUT2D eigenvalue weighted by atomic mass is 16.2. The first kappa shape index (κ1) is 20.1. The largest absolute Gasteiger partial charge is 0.341 e. The van der Waals surface area contributed by atoms with Gasteiger partial charge in [-0.15, -0.1) is 0 Å². The molecule has 1 aromatic heterocycles. The van der Waals surface area contributed by atoms with Crippen molar-refractivity contribution < 1.29 is 4.79 Å². The van der Waals surface area contributed by atoms with Gasteiger partial charge in [0.1, 0.15) is 6.54 Å². The normalized spacial score (nSPS) is 14.9. The highest BCUT2D eigenvalue weighted by molar-refractivity contribution is 5.80. The summed E-state index contributed by atoms with van der Waals surface area (Å²) >= 11 is 0. The highest BCUT2D eigenvalue weighted by Gasteiger charge is 2.24.